The number of aliphatic carboxylic acids is 1. The highest BCUT2D eigenvalue weighted by atomic mass is 32.2. The van der Waals surface area contributed by atoms with Crippen LogP contribution in [0.4, 0.5) is 0 Å². The Bertz CT molecular complexity index is 732. The summed E-state index contributed by atoms with van der Waals surface area (Å²) in [6.45, 7) is 1.09. The van der Waals surface area contributed by atoms with Crippen molar-refractivity contribution < 1.29 is 23.1 Å². The summed E-state index contributed by atoms with van der Waals surface area (Å²) in [5, 5.41) is 8.62. The zero-order valence-corrected chi connectivity index (χ0v) is 12.3. The van der Waals surface area contributed by atoms with Crippen molar-refractivity contribution in [1.29, 1.82) is 0 Å². The SMILES string of the molecule is COc1ccc(C2=C(C)C(=NCC(=O)O)NS2(=O)=O)cc1. The summed E-state index contributed by atoms with van der Waals surface area (Å²) in [4.78, 5) is 14.4. The van der Waals surface area contributed by atoms with Crippen LogP contribution >= 0.6 is 0 Å². The first kappa shape index (κ1) is 15.0. The average molecular weight is 310 g/mol. The molecule has 21 heavy (non-hydrogen) atoms. The maximum Gasteiger partial charge on any atom is 0.325 e. The molecule has 0 radical (unpaired) electrons. The van der Waals surface area contributed by atoms with Crippen LogP contribution in [-0.2, 0) is 14.8 Å². The fourth-order valence-corrected chi connectivity index (χ4v) is 3.50. The van der Waals surface area contributed by atoms with Crippen LogP contribution in [0.2, 0.25) is 0 Å². The van der Waals surface area contributed by atoms with Crippen LogP contribution in [-0.4, -0.2) is 39.0 Å². The fraction of sp³-hybridized carbons (Fsp3) is 0.231. The number of nitrogens with one attached hydrogen (secondary N) is 1. The van der Waals surface area contributed by atoms with E-state index in [2.05, 4.69) is 9.71 Å². The van der Waals surface area contributed by atoms with E-state index in [0.717, 1.165) is 0 Å². The maximum absolute atomic E-state index is 12.2. The predicted octanol–water partition coefficient (Wildman–Crippen LogP) is 0.842. The summed E-state index contributed by atoms with van der Waals surface area (Å²) >= 11 is 0. The summed E-state index contributed by atoms with van der Waals surface area (Å²) in [6.07, 6.45) is 0. The van der Waals surface area contributed by atoms with Gasteiger partial charge in [-0.25, -0.2) is 8.42 Å². The van der Waals surface area contributed by atoms with Gasteiger partial charge in [-0.1, -0.05) is 0 Å². The highest BCUT2D eigenvalue weighted by molar-refractivity contribution is 8.00. The lowest BCUT2D eigenvalue weighted by Gasteiger charge is -2.04. The van der Waals surface area contributed by atoms with Gasteiger partial charge >= 0.3 is 5.97 Å². The molecule has 1 heterocycles. The number of hydrogen-bond acceptors (Lipinski definition) is 5. The second-order valence-corrected chi connectivity index (χ2v) is 5.97. The Morgan fingerprint density at radius 2 is 1.95 bits per heavy atom. The number of ether oxygens (including phenoxy) is 1. The van der Waals surface area contributed by atoms with Crippen LogP contribution in [0.25, 0.3) is 4.91 Å². The highest BCUT2D eigenvalue weighted by Gasteiger charge is 2.32. The lowest BCUT2D eigenvalue weighted by Crippen LogP contribution is -2.24. The summed E-state index contributed by atoms with van der Waals surface area (Å²) < 4.78 is 31.6. The summed E-state index contributed by atoms with van der Waals surface area (Å²) in [7, 11) is -2.22. The zero-order valence-electron chi connectivity index (χ0n) is 11.5. The van der Waals surface area contributed by atoms with E-state index >= 15 is 0 Å². The third-order valence-electron chi connectivity index (χ3n) is 2.92. The molecule has 1 aliphatic heterocycles. The molecule has 0 bridgehead atoms. The van der Waals surface area contributed by atoms with Gasteiger partial charge in [0, 0.05) is 5.57 Å². The minimum atomic E-state index is -3.74. The number of aliphatic imine (C=N–C) groups is 1. The van der Waals surface area contributed by atoms with Crippen LogP contribution in [0.3, 0.4) is 0 Å². The van der Waals surface area contributed by atoms with Gasteiger partial charge in [0.2, 0.25) is 0 Å². The lowest BCUT2D eigenvalue weighted by atomic mass is 10.1. The van der Waals surface area contributed by atoms with Crippen molar-refractivity contribution in [1.82, 2.24) is 4.72 Å². The molecule has 1 aromatic carbocycles. The Hall–Kier alpha value is -2.35. The third-order valence-corrected chi connectivity index (χ3v) is 4.46. The van der Waals surface area contributed by atoms with E-state index in [4.69, 9.17) is 9.84 Å². The van der Waals surface area contributed by atoms with Crippen molar-refractivity contribution in [2.24, 2.45) is 4.99 Å². The normalized spacial score (nSPS) is 18.7. The number of benzene rings is 1. The van der Waals surface area contributed by atoms with Gasteiger partial charge in [0.15, 0.2) is 0 Å². The van der Waals surface area contributed by atoms with E-state index in [1.165, 1.54) is 7.11 Å². The molecule has 0 atom stereocenters. The van der Waals surface area contributed by atoms with E-state index in [9.17, 15) is 13.2 Å². The van der Waals surface area contributed by atoms with Crippen molar-refractivity contribution >= 4 is 26.7 Å². The number of nitrogens with zero attached hydrogens (tertiary/aromatic N) is 1. The number of hydrogen-bond donors (Lipinski definition) is 2. The topological polar surface area (TPSA) is 105 Å². The molecule has 0 aliphatic carbocycles. The number of sulfonamides is 1. The molecule has 0 saturated carbocycles. The van der Waals surface area contributed by atoms with Crippen molar-refractivity contribution in [3.8, 4) is 5.75 Å². The van der Waals surface area contributed by atoms with E-state index in [0.29, 0.717) is 16.9 Å². The molecule has 2 N–H and O–H groups in total. The van der Waals surface area contributed by atoms with Crippen LogP contribution in [0, 0.1) is 0 Å². The molecular formula is C13H14N2O5S. The first-order chi connectivity index (χ1) is 9.85. The first-order valence-corrected chi connectivity index (χ1v) is 7.48. The minimum Gasteiger partial charge on any atom is -0.497 e. The van der Waals surface area contributed by atoms with Gasteiger partial charge in [-0.3, -0.25) is 14.5 Å². The molecule has 0 aromatic heterocycles. The molecule has 0 saturated heterocycles. The van der Waals surface area contributed by atoms with Crippen molar-refractivity contribution in [2.75, 3.05) is 13.7 Å². The Balaban J connectivity index is 2.47. The van der Waals surface area contributed by atoms with E-state index in [1.54, 1.807) is 31.2 Å². The summed E-state index contributed by atoms with van der Waals surface area (Å²) in [5.41, 5.74) is 0.878. The molecule has 7 nitrogen and oxygen atoms in total. The molecule has 0 unspecified atom stereocenters. The molecule has 0 spiro atoms. The van der Waals surface area contributed by atoms with Crippen LogP contribution < -0.4 is 9.46 Å². The molecule has 0 amide bonds. The zero-order chi connectivity index (χ0) is 15.6. The molecule has 112 valence electrons. The van der Waals surface area contributed by atoms with Gasteiger partial charge in [-0.2, -0.15) is 0 Å². The van der Waals surface area contributed by atoms with Gasteiger partial charge < -0.3 is 9.84 Å². The van der Waals surface area contributed by atoms with Gasteiger partial charge in [0.25, 0.3) is 10.0 Å². The number of rotatable bonds is 4. The number of methoxy groups -OCH3 is 1. The largest absolute Gasteiger partial charge is 0.497 e. The molecule has 0 fully saturated rings. The Labute approximate surface area is 122 Å². The molecule has 1 aliphatic rings. The van der Waals surface area contributed by atoms with E-state index < -0.39 is 22.5 Å². The predicted molar refractivity (Wildman–Crippen MR) is 77.6 cm³/mol. The van der Waals surface area contributed by atoms with E-state index in [-0.39, 0.29) is 10.7 Å². The smallest absolute Gasteiger partial charge is 0.325 e. The maximum atomic E-state index is 12.2. The molecular weight excluding hydrogens is 296 g/mol. The number of carbonyl (C=O) groups is 1. The Kier molecular flexibility index (Phi) is 3.99. The second kappa shape index (κ2) is 5.57. The first-order valence-electron chi connectivity index (χ1n) is 6.00. The lowest BCUT2D eigenvalue weighted by molar-refractivity contribution is -0.135. The number of carboxylic acids is 1. The van der Waals surface area contributed by atoms with Crippen molar-refractivity contribution in [2.45, 2.75) is 6.92 Å². The molecule has 8 heteroatoms. The number of carboxylic acid groups (broad SMARTS) is 1. The van der Waals surface area contributed by atoms with Crippen LogP contribution in [0.15, 0.2) is 34.8 Å². The standard InChI is InChI=1S/C13H14N2O5S/c1-8-12(9-3-5-10(20-2)6-4-9)21(18,19)15-13(8)14-7-11(16)17/h3-6H,7H2,1-2H3,(H,14,15)(H,16,17). The molecule has 1 aromatic rings. The Morgan fingerprint density at radius 1 is 1.33 bits per heavy atom. The molecule has 2 rings (SSSR count). The van der Waals surface area contributed by atoms with Gasteiger partial charge in [-0.15, -0.1) is 0 Å². The van der Waals surface area contributed by atoms with Gasteiger partial charge in [-0.05, 0) is 36.8 Å². The average Bonchev–Trinajstić information content (AvgIpc) is 2.66. The van der Waals surface area contributed by atoms with Crippen LogP contribution in [0.5, 0.6) is 5.75 Å². The minimum absolute atomic E-state index is 0.0585. The highest BCUT2D eigenvalue weighted by Crippen LogP contribution is 2.30. The fourth-order valence-electron chi connectivity index (χ4n) is 1.98. The van der Waals surface area contributed by atoms with Crippen molar-refractivity contribution in [3.05, 3.63) is 35.4 Å². The van der Waals surface area contributed by atoms with Crippen LogP contribution in [0.1, 0.15) is 12.5 Å². The van der Waals surface area contributed by atoms with Gasteiger partial charge in [0.05, 0.1) is 7.11 Å². The van der Waals surface area contributed by atoms with Crippen molar-refractivity contribution in [3.63, 3.8) is 0 Å². The second-order valence-electron chi connectivity index (χ2n) is 4.35. The monoisotopic (exact) mass is 310 g/mol. The number of amidine groups is 1. The quantitative estimate of drug-likeness (QED) is 0.857. The Morgan fingerprint density at radius 3 is 2.48 bits per heavy atom. The summed E-state index contributed by atoms with van der Waals surface area (Å²) in [5.74, 6) is -0.462. The third kappa shape index (κ3) is 3.05. The van der Waals surface area contributed by atoms with E-state index in [1.807, 2.05) is 0 Å². The van der Waals surface area contributed by atoms with Gasteiger partial charge in [0.1, 0.15) is 23.0 Å². The summed E-state index contributed by atoms with van der Waals surface area (Å²) in [6, 6.07) is 6.54.